The number of carbonyl (C=O) groups excluding carboxylic acids is 1. The molecule has 6 rings (SSSR count). The van der Waals surface area contributed by atoms with E-state index in [1.807, 2.05) is 54.1 Å². The van der Waals surface area contributed by atoms with E-state index in [4.69, 9.17) is 16.7 Å². The Morgan fingerprint density at radius 2 is 1.83 bits per heavy atom. The second kappa shape index (κ2) is 7.68. The first kappa shape index (κ1) is 21.9. The van der Waals surface area contributed by atoms with E-state index in [0.717, 1.165) is 33.8 Å². The average Bonchev–Trinajstić information content (AvgIpc) is 3.13. The highest BCUT2D eigenvalue weighted by molar-refractivity contribution is 6.31. The van der Waals surface area contributed by atoms with E-state index in [1.165, 1.54) is 0 Å². The number of aromatic amines is 1. The van der Waals surface area contributed by atoms with Crippen LogP contribution in [0.5, 0.6) is 0 Å². The largest absolute Gasteiger partial charge is 0.343 e. The zero-order valence-corrected chi connectivity index (χ0v) is 20.5. The number of para-hydroxylation sites is 1. The first-order valence-electron chi connectivity index (χ1n) is 11.7. The van der Waals surface area contributed by atoms with E-state index < -0.39 is 5.92 Å². The van der Waals surface area contributed by atoms with Crippen molar-refractivity contribution in [2.24, 2.45) is 5.41 Å². The van der Waals surface area contributed by atoms with Crippen molar-refractivity contribution in [3.8, 4) is 5.69 Å². The Balaban J connectivity index is 1.64. The number of aryl methyl sites for hydroxylation is 1. The third kappa shape index (κ3) is 3.51. The Labute approximate surface area is 207 Å². The van der Waals surface area contributed by atoms with Crippen molar-refractivity contribution in [2.75, 3.05) is 5.32 Å². The summed E-state index contributed by atoms with van der Waals surface area (Å²) in [5.41, 5.74) is 4.90. The second-order valence-electron chi connectivity index (χ2n) is 10.3. The van der Waals surface area contributed by atoms with E-state index in [-0.39, 0.29) is 16.8 Å². The summed E-state index contributed by atoms with van der Waals surface area (Å²) in [6, 6.07) is 17.2. The van der Waals surface area contributed by atoms with Gasteiger partial charge in [0.25, 0.3) is 5.56 Å². The van der Waals surface area contributed by atoms with Gasteiger partial charge in [-0.05, 0) is 54.5 Å². The summed E-state index contributed by atoms with van der Waals surface area (Å²) in [5.74, 6) is 0.367. The Hall–Kier alpha value is -3.64. The quantitative estimate of drug-likeness (QED) is 0.372. The van der Waals surface area contributed by atoms with Gasteiger partial charge in [0.1, 0.15) is 5.82 Å². The van der Waals surface area contributed by atoms with Crippen LogP contribution in [0.3, 0.4) is 0 Å². The molecule has 0 saturated heterocycles. The predicted molar refractivity (Wildman–Crippen MR) is 138 cm³/mol. The Bertz CT molecular complexity index is 1610. The van der Waals surface area contributed by atoms with Crippen LogP contribution in [0.4, 0.5) is 5.82 Å². The number of allylic oxidation sites excluding steroid dienone is 2. The molecule has 2 aromatic heterocycles. The minimum Gasteiger partial charge on any atom is -0.343 e. The molecule has 4 aromatic rings. The fraction of sp³-hybridized carbons (Fsp3) is 0.250. The van der Waals surface area contributed by atoms with Gasteiger partial charge >= 0.3 is 0 Å². The molecule has 35 heavy (non-hydrogen) atoms. The number of H-pyrrole nitrogens is 1. The van der Waals surface area contributed by atoms with Crippen molar-refractivity contribution in [1.82, 2.24) is 14.8 Å². The van der Waals surface area contributed by atoms with Crippen molar-refractivity contribution in [3.05, 3.63) is 98.1 Å². The Morgan fingerprint density at radius 3 is 2.60 bits per heavy atom. The molecule has 1 aliphatic heterocycles. The first-order chi connectivity index (χ1) is 16.7. The van der Waals surface area contributed by atoms with Gasteiger partial charge < -0.3 is 10.3 Å². The molecule has 176 valence electrons. The molecule has 0 fully saturated rings. The number of aromatic nitrogens is 3. The lowest BCUT2D eigenvalue weighted by Gasteiger charge is -2.38. The highest BCUT2D eigenvalue weighted by Gasteiger charge is 2.43. The number of hydrogen-bond donors (Lipinski definition) is 2. The monoisotopic (exact) mass is 484 g/mol. The van der Waals surface area contributed by atoms with Crippen LogP contribution in [-0.2, 0) is 4.79 Å². The van der Waals surface area contributed by atoms with Crippen LogP contribution in [0, 0.1) is 12.3 Å². The van der Waals surface area contributed by atoms with Crippen LogP contribution in [-0.4, -0.2) is 20.5 Å². The topological polar surface area (TPSA) is 79.8 Å². The fourth-order valence-corrected chi connectivity index (χ4v) is 5.72. The summed E-state index contributed by atoms with van der Waals surface area (Å²) in [7, 11) is 0. The van der Waals surface area contributed by atoms with Crippen LogP contribution in [0.25, 0.3) is 16.6 Å². The normalized spacial score (nSPS) is 18.9. The van der Waals surface area contributed by atoms with Gasteiger partial charge in [-0.3, -0.25) is 9.59 Å². The number of halogens is 1. The second-order valence-corrected chi connectivity index (χ2v) is 10.7. The minimum atomic E-state index is -0.508. The van der Waals surface area contributed by atoms with Crippen molar-refractivity contribution >= 4 is 34.1 Å². The minimum absolute atomic E-state index is 0.0712. The number of fused-ring (bicyclic) bond motifs is 2. The molecule has 0 amide bonds. The molecule has 0 radical (unpaired) electrons. The number of Topliss-reactive ketones (excluding diaryl/α,β-unsaturated/α-hetero) is 1. The number of ketones is 1. The fourth-order valence-electron chi connectivity index (χ4n) is 5.55. The number of anilines is 1. The third-order valence-corrected chi connectivity index (χ3v) is 7.26. The van der Waals surface area contributed by atoms with E-state index in [0.29, 0.717) is 34.5 Å². The smallest absolute Gasteiger partial charge is 0.252 e. The van der Waals surface area contributed by atoms with E-state index in [1.54, 1.807) is 12.1 Å². The van der Waals surface area contributed by atoms with Gasteiger partial charge in [-0.25, -0.2) is 4.68 Å². The van der Waals surface area contributed by atoms with Crippen LogP contribution in [0.2, 0.25) is 5.02 Å². The van der Waals surface area contributed by atoms with Crippen LogP contribution in [0.15, 0.2) is 70.7 Å². The molecule has 0 bridgehead atoms. The van der Waals surface area contributed by atoms with Gasteiger partial charge in [0.2, 0.25) is 0 Å². The maximum Gasteiger partial charge on any atom is 0.252 e. The molecule has 6 nitrogen and oxygen atoms in total. The average molecular weight is 485 g/mol. The van der Waals surface area contributed by atoms with Gasteiger partial charge in [0, 0.05) is 39.4 Å². The number of carbonyl (C=O) groups is 1. The lowest BCUT2D eigenvalue weighted by Crippen LogP contribution is -2.35. The SMILES string of the molecule is Cc1nn(-c2ccccc2)c2c1C(c1cc3ccc(Cl)cc3[nH]c1=O)C1=C(CC(C)(C)CC1=O)N2. The van der Waals surface area contributed by atoms with Crippen molar-refractivity contribution in [1.29, 1.82) is 0 Å². The highest BCUT2D eigenvalue weighted by atomic mass is 35.5. The highest BCUT2D eigenvalue weighted by Crippen LogP contribution is 2.50. The summed E-state index contributed by atoms with van der Waals surface area (Å²) in [4.78, 5) is 30.1. The Morgan fingerprint density at radius 1 is 1.06 bits per heavy atom. The van der Waals surface area contributed by atoms with Gasteiger partial charge in [-0.2, -0.15) is 5.10 Å². The number of nitrogens with zero attached hydrogens (tertiary/aromatic N) is 2. The van der Waals surface area contributed by atoms with Crippen LogP contribution in [0.1, 0.15) is 49.4 Å². The van der Waals surface area contributed by atoms with Gasteiger partial charge in [-0.1, -0.05) is 49.7 Å². The molecule has 1 unspecified atom stereocenters. The number of nitrogens with one attached hydrogen (secondary N) is 2. The van der Waals surface area contributed by atoms with Crippen molar-refractivity contribution < 1.29 is 4.79 Å². The standard InChI is InChI=1S/C28H25ClN4O2/c1-15-23-24(19-11-16-9-10-17(29)12-20(16)31-27(19)35)25-21(13-28(2,3)14-22(25)34)30-26(23)33(32-15)18-7-5-4-6-8-18/h4-12,24,30H,13-14H2,1-3H3,(H,31,35). The molecule has 2 aliphatic rings. The molecule has 2 aromatic carbocycles. The number of benzene rings is 2. The van der Waals surface area contributed by atoms with Crippen molar-refractivity contribution in [3.63, 3.8) is 0 Å². The molecule has 2 N–H and O–H groups in total. The van der Waals surface area contributed by atoms with Crippen molar-refractivity contribution in [2.45, 2.75) is 39.5 Å². The number of pyridine rings is 1. The summed E-state index contributed by atoms with van der Waals surface area (Å²) in [5, 5.41) is 9.83. The van der Waals surface area contributed by atoms with Gasteiger partial charge in [-0.15, -0.1) is 0 Å². The molecule has 1 atom stereocenters. The van der Waals surface area contributed by atoms with E-state index in [9.17, 15) is 9.59 Å². The zero-order chi connectivity index (χ0) is 24.5. The van der Waals surface area contributed by atoms with Gasteiger partial charge in [0.15, 0.2) is 5.78 Å². The molecule has 7 heteroatoms. The number of rotatable bonds is 2. The lowest BCUT2D eigenvalue weighted by atomic mass is 9.69. The predicted octanol–water partition coefficient (Wildman–Crippen LogP) is 5.88. The molecule has 1 aliphatic carbocycles. The Kier molecular flexibility index (Phi) is 4.80. The zero-order valence-electron chi connectivity index (χ0n) is 19.8. The summed E-state index contributed by atoms with van der Waals surface area (Å²) >= 11 is 6.15. The van der Waals surface area contributed by atoms with Crippen LogP contribution < -0.4 is 10.9 Å². The molecular weight excluding hydrogens is 460 g/mol. The molecule has 0 spiro atoms. The summed E-state index contributed by atoms with van der Waals surface area (Å²) < 4.78 is 1.88. The maximum atomic E-state index is 13.6. The molecule has 0 saturated carbocycles. The third-order valence-electron chi connectivity index (χ3n) is 7.02. The maximum absolute atomic E-state index is 13.6. The van der Waals surface area contributed by atoms with Gasteiger partial charge in [0.05, 0.1) is 17.3 Å². The molecule has 3 heterocycles. The molecular formula is C28H25ClN4O2. The van der Waals surface area contributed by atoms with E-state index in [2.05, 4.69) is 24.1 Å². The first-order valence-corrected chi connectivity index (χ1v) is 12.1. The lowest BCUT2D eigenvalue weighted by molar-refractivity contribution is -0.118. The van der Waals surface area contributed by atoms with E-state index >= 15 is 0 Å². The van der Waals surface area contributed by atoms with Crippen LogP contribution >= 0.6 is 11.6 Å². The summed E-state index contributed by atoms with van der Waals surface area (Å²) in [6.07, 6.45) is 1.15. The number of hydrogen-bond acceptors (Lipinski definition) is 4. The summed E-state index contributed by atoms with van der Waals surface area (Å²) in [6.45, 7) is 6.14.